The zero-order valence-corrected chi connectivity index (χ0v) is 24.8. The third-order valence-electron chi connectivity index (χ3n) is 6.94. The maximum Gasteiger partial charge on any atom is 0.179 e. The SMILES string of the molecule is C[C@@H]1CN(CCS(=O)(=O)c2ccc(Oc3ccc(S(=O)(=O)CCN4C[C@H](C)O[C@@H](C)C4)cc3)cc2)C[C@H](C)O1. The van der Waals surface area contributed by atoms with Crippen molar-refractivity contribution in [2.75, 3.05) is 50.8 Å². The highest BCUT2D eigenvalue weighted by atomic mass is 32.2. The summed E-state index contributed by atoms with van der Waals surface area (Å²) in [7, 11) is -6.88. The minimum atomic E-state index is -3.44. The first-order valence-electron chi connectivity index (χ1n) is 13.5. The number of hydrogen-bond acceptors (Lipinski definition) is 9. The molecule has 11 heteroatoms. The van der Waals surface area contributed by atoms with E-state index in [4.69, 9.17) is 14.2 Å². The Morgan fingerprint density at radius 1 is 0.615 bits per heavy atom. The minimum Gasteiger partial charge on any atom is -0.457 e. The maximum atomic E-state index is 12.9. The fraction of sp³-hybridized carbons (Fsp3) is 0.571. The molecule has 2 aliphatic rings. The molecule has 0 spiro atoms. The maximum absolute atomic E-state index is 12.9. The van der Waals surface area contributed by atoms with Crippen molar-refractivity contribution in [3.63, 3.8) is 0 Å². The Morgan fingerprint density at radius 3 is 1.23 bits per heavy atom. The van der Waals surface area contributed by atoms with Crippen molar-refractivity contribution in [1.82, 2.24) is 9.80 Å². The van der Waals surface area contributed by atoms with E-state index in [1.54, 1.807) is 48.5 Å². The quantitative estimate of drug-likeness (QED) is 0.419. The van der Waals surface area contributed by atoms with E-state index < -0.39 is 19.7 Å². The number of benzene rings is 2. The molecule has 9 nitrogen and oxygen atoms in total. The lowest BCUT2D eigenvalue weighted by Gasteiger charge is -2.35. The summed E-state index contributed by atoms with van der Waals surface area (Å²) in [5, 5.41) is 0. The average Bonchev–Trinajstić information content (AvgIpc) is 2.86. The first kappa shape index (κ1) is 30.0. The molecule has 2 heterocycles. The molecule has 0 unspecified atom stereocenters. The van der Waals surface area contributed by atoms with E-state index in [0.29, 0.717) is 24.6 Å². The lowest BCUT2D eigenvalue weighted by Crippen LogP contribution is -2.46. The fourth-order valence-corrected chi connectivity index (χ4v) is 7.80. The Labute approximate surface area is 232 Å². The van der Waals surface area contributed by atoms with Crippen LogP contribution in [0.25, 0.3) is 0 Å². The van der Waals surface area contributed by atoms with Gasteiger partial charge < -0.3 is 14.2 Å². The number of ether oxygens (including phenoxy) is 3. The van der Waals surface area contributed by atoms with Gasteiger partial charge in [0.1, 0.15) is 11.5 Å². The Morgan fingerprint density at radius 2 is 0.923 bits per heavy atom. The normalized spacial score (nSPS) is 25.4. The van der Waals surface area contributed by atoms with Crippen LogP contribution in [0.3, 0.4) is 0 Å². The van der Waals surface area contributed by atoms with E-state index >= 15 is 0 Å². The van der Waals surface area contributed by atoms with Gasteiger partial charge in [-0.25, -0.2) is 16.8 Å². The Kier molecular flexibility index (Phi) is 9.72. The van der Waals surface area contributed by atoms with Crippen molar-refractivity contribution < 1.29 is 31.0 Å². The van der Waals surface area contributed by atoms with Crippen LogP contribution in [-0.2, 0) is 29.1 Å². The molecule has 39 heavy (non-hydrogen) atoms. The number of morpholine rings is 2. The summed E-state index contributed by atoms with van der Waals surface area (Å²) in [6.07, 6.45) is 0.352. The highest BCUT2D eigenvalue weighted by Gasteiger charge is 2.25. The van der Waals surface area contributed by atoms with Crippen molar-refractivity contribution in [2.45, 2.75) is 61.9 Å². The van der Waals surface area contributed by atoms with Crippen molar-refractivity contribution in [2.24, 2.45) is 0 Å². The Balaban J connectivity index is 1.30. The monoisotopic (exact) mass is 580 g/mol. The van der Waals surface area contributed by atoms with E-state index in [-0.39, 0.29) is 45.7 Å². The molecule has 0 aromatic heterocycles. The molecule has 2 saturated heterocycles. The van der Waals surface area contributed by atoms with Crippen molar-refractivity contribution in [3.8, 4) is 11.5 Å². The molecule has 0 bridgehead atoms. The predicted octanol–water partition coefficient (Wildman–Crippen LogP) is 3.24. The van der Waals surface area contributed by atoms with Gasteiger partial charge in [0.25, 0.3) is 0 Å². The fourth-order valence-electron chi connectivity index (χ4n) is 5.23. The first-order valence-corrected chi connectivity index (χ1v) is 16.8. The molecule has 4 atom stereocenters. The molecule has 2 fully saturated rings. The summed E-state index contributed by atoms with van der Waals surface area (Å²) < 4.78 is 68.7. The molecule has 0 aliphatic carbocycles. The molecule has 2 aromatic carbocycles. The largest absolute Gasteiger partial charge is 0.457 e. The molecular weight excluding hydrogens is 540 g/mol. The number of nitrogens with zero attached hydrogens (tertiary/aromatic N) is 2. The van der Waals surface area contributed by atoms with Crippen LogP contribution >= 0.6 is 0 Å². The number of hydrogen-bond donors (Lipinski definition) is 0. The van der Waals surface area contributed by atoms with Crippen molar-refractivity contribution >= 4 is 19.7 Å². The second-order valence-electron chi connectivity index (χ2n) is 10.7. The Hall–Kier alpha value is -2.02. The Bertz CT molecular complexity index is 1180. The lowest BCUT2D eigenvalue weighted by atomic mass is 10.2. The van der Waals surface area contributed by atoms with Crippen LogP contribution in [0.1, 0.15) is 27.7 Å². The minimum absolute atomic E-state index is 0.0339. The van der Waals surface area contributed by atoms with Gasteiger partial charge in [0, 0.05) is 39.3 Å². The van der Waals surface area contributed by atoms with Crippen LogP contribution in [-0.4, -0.2) is 102 Å². The third kappa shape index (κ3) is 8.48. The van der Waals surface area contributed by atoms with Gasteiger partial charge in [-0.1, -0.05) is 0 Å². The van der Waals surface area contributed by atoms with E-state index in [1.165, 1.54) is 0 Å². The number of rotatable bonds is 10. The number of sulfone groups is 2. The molecule has 0 N–H and O–H groups in total. The summed E-state index contributed by atoms with van der Waals surface area (Å²) >= 11 is 0. The van der Waals surface area contributed by atoms with Gasteiger partial charge in [-0.15, -0.1) is 0 Å². The zero-order valence-electron chi connectivity index (χ0n) is 23.2. The second kappa shape index (κ2) is 12.7. The summed E-state index contributed by atoms with van der Waals surface area (Å²) in [6, 6.07) is 12.6. The molecule has 2 aliphatic heterocycles. The average molecular weight is 581 g/mol. The highest BCUT2D eigenvalue weighted by molar-refractivity contribution is 7.91. The van der Waals surface area contributed by atoms with Crippen LogP contribution in [0.5, 0.6) is 11.5 Å². The molecule has 216 valence electrons. The summed E-state index contributed by atoms with van der Waals surface area (Å²) in [5.41, 5.74) is 0. The van der Waals surface area contributed by atoms with Crippen molar-refractivity contribution in [1.29, 1.82) is 0 Å². The van der Waals surface area contributed by atoms with E-state index in [1.807, 2.05) is 27.7 Å². The zero-order chi connectivity index (χ0) is 28.2. The van der Waals surface area contributed by atoms with Gasteiger partial charge in [-0.3, -0.25) is 9.80 Å². The molecule has 0 radical (unpaired) electrons. The van der Waals surface area contributed by atoms with Crippen LogP contribution in [0.2, 0.25) is 0 Å². The van der Waals surface area contributed by atoms with Gasteiger partial charge in [-0.05, 0) is 76.2 Å². The van der Waals surface area contributed by atoms with Gasteiger partial charge >= 0.3 is 0 Å². The van der Waals surface area contributed by atoms with Crippen LogP contribution in [0.15, 0.2) is 58.3 Å². The molecular formula is C28H40N2O7S2. The van der Waals surface area contributed by atoms with Gasteiger partial charge in [-0.2, -0.15) is 0 Å². The summed E-state index contributed by atoms with van der Waals surface area (Å²) in [6.45, 7) is 11.8. The van der Waals surface area contributed by atoms with Crippen molar-refractivity contribution in [3.05, 3.63) is 48.5 Å². The molecule has 0 amide bonds. The molecule has 4 rings (SSSR count). The van der Waals surface area contributed by atoms with Crippen LogP contribution in [0.4, 0.5) is 0 Å². The second-order valence-corrected chi connectivity index (χ2v) is 14.9. The van der Waals surface area contributed by atoms with Crippen LogP contribution < -0.4 is 4.74 Å². The van der Waals surface area contributed by atoms with Gasteiger partial charge in [0.05, 0.1) is 45.7 Å². The molecule has 0 saturated carbocycles. The standard InChI is InChI=1S/C28H40N2O7S2/c1-21-17-29(18-22(2)35-21)13-15-38(31,32)27-9-5-25(6-10-27)37-26-7-11-28(12-8-26)39(33,34)16-14-30-19-23(3)36-24(4)20-30/h5-12,21-24H,13-20H2,1-4H3/t21-,22-,23-,24+/m0/s1. The highest BCUT2D eigenvalue weighted by Crippen LogP contribution is 2.25. The summed E-state index contributed by atoms with van der Waals surface area (Å²) in [5.74, 6) is 1.00. The third-order valence-corrected chi connectivity index (χ3v) is 10.4. The predicted molar refractivity (Wildman–Crippen MR) is 150 cm³/mol. The van der Waals surface area contributed by atoms with Crippen LogP contribution in [0, 0.1) is 0 Å². The lowest BCUT2D eigenvalue weighted by molar-refractivity contribution is -0.0663. The van der Waals surface area contributed by atoms with E-state index in [9.17, 15) is 16.8 Å². The molecule has 2 aromatic rings. The summed E-state index contributed by atoms with van der Waals surface area (Å²) in [4.78, 5) is 4.74. The topological polar surface area (TPSA) is 102 Å². The van der Waals surface area contributed by atoms with E-state index in [2.05, 4.69) is 9.80 Å². The van der Waals surface area contributed by atoms with Gasteiger partial charge in [0.2, 0.25) is 0 Å². The smallest absolute Gasteiger partial charge is 0.179 e. The van der Waals surface area contributed by atoms with E-state index in [0.717, 1.165) is 26.2 Å². The first-order chi connectivity index (χ1) is 18.4. The van der Waals surface area contributed by atoms with Gasteiger partial charge in [0.15, 0.2) is 19.7 Å².